The lowest BCUT2D eigenvalue weighted by atomic mass is 10.1. The van der Waals surface area contributed by atoms with Crippen LogP contribution in [0.3, 0.4) is 0 Å². The molecule has 86 valence electrons. The lowest BCUT2D eigenvalue weighted by Gasteiger charge is -2.01. The predicted molar refractivity (Wildman–Crippen MR) is 61.0 cm³/mol. The Morgan fingerprint density at radius 1 is 1.50 bits per heavy atom. The van der Waals surface area contributed by atoms with Gasteiger partial charge < -0.3 is 10.5 Å². The van der Waals surface area contributed by atoms with E-state index in [0.717, 1.165) is 12.0 Å². The van der Waals surface area contributed by atoms with Gasteiger partial charge in [0, 0.05) is 6.42 Å². The van der Waals surface area contributed by atoms with Crippen LogP contribution in [0, 0.1) is 5.82 Å². The van der Waals surface area contributed by atoms with Crippen LogP contribution >= 0.6 is 0 Å². The van der Waals surface area contributed by atoms with Gasteiger partial charge in [0.25, 0.3) is 0 Å². The summed E-state index contributed by atoms with van der Waals surface area (Å²) in [5, 5.41) is 0. The molecule has 16 heavy (non-hydrogen) atoms. The minimum Gasteiger partial charge on any atom is -0.478 e. The highest BCUT2D eigenvalue weighted by molar-refractivity contribution is 5.80. The Balaban J connectivity index is 1.98. The molecule has 0 saturated carbocycles. The van der Waals surface area contributed by atoms with Gasteiger partial charge in [-0.25, -0.2) is 9.38 Å². The summed E-state index contributed by atoms with van der Waals surface area (Å²) in [4.78, 5) is 4.39. The Bertz CT molecular complexity index is 392. The number of rotatable bonds is 4. The fourth-order valence-electron chi connectivity index (χ4n) is 1.73. The molecule has 0 saturated heterocycles. The zero-order chi connectivity index (χ0) is 11.4. The average Bonchev–Trinajstić information content (AvgIpc) is 2.66. The topological polar surface area (TPSA) is 47.6 Å². The number of aliphatic imine (C=N–C) groups is 1. The number of benzene rings is 1. The van der Waals surface area contributed by atoms with Gasteiger partial charge in [-0.2, -0.15) is 0 Å². The van der Waals surface area contributed by atoms with Gasteiger partial charge in [-0.1, -0.05) is 12.1 Å². The molecular weight excluding hydrogens is 207 g/mol. The summed E-state index contributed by atoms with van der Waals surface area (Å²) < 4.78 is 18.4. The van der Waals surface area contributed by atoms with Crippen LogP contribution in [0.4, 0.5) is 4.39 Å². The molecule has 1 aromatic rings. The summed E-state index contributed by atoms with van der Waals surface area (Å²) in [5.41, 5.74) is 6.33. The van der Waals surface area contributed by atoms with Gasteiger partial charge in [-0.3, -0.25) is 0 Å². The molecule has 1 aliphatic rings. The van der Waals surface area contributed by atoms with Crippen LogP contribution in [0.25, 0.3) is 0 Å². The monoisotopic (exact) mass is 222 g/mol. The van der Waals surface area contributed by atoms with E-state index in [2.05, 4.69) is 4.99 Å². The van der Waals surface area contributed by atoms with Gasteiger partial charge >= 0.3 is 0 Å². The van der Waals surface area contributed by atoms with Crippen LogP contribution in [-0.4, -0.2) is 25.1 Å². The van der Waals surface area contributed by atoms with Crippen LogP contribution < -0.4 is 5.73 Å². The number of nitrogens with two attached hydrogens (primary N) is 1. The van der Waals surface area contributed by atoms with E-state index in [0.29, 0.717) is 25.5 Å². The van der Waals surface area contributed by atoms with Crippen molar-refractivity contribution in [2.75, 3.05) is 13.2 Å². The first kappa shape index (κ1) is 11.1. The van der Waals surface area contributed by atoms with E-state index in [1.807, 2.05) is 6.07 Å². The van der Waals surface area contributed by atoms with Crippen LogP contribution in [0.5, 0.6) is 0 Å². The molecule has 0 amide bonds. The van der Waals surface area contributed by atoms with E-state index >= 15 is 0 Å². The van der Waals surface area contributed by atoms with Crippen LogP contribution in [0.15, 0.2) is 29.3 Å². The fraction of sp³-hybridized carbons (Fsp3) is 0.417. The van der Waals surface area contributed by atoms with E-state index < -0.39 is 0 Å². The van der Waals surface area contributed by atoms with Crippen molar-refractivity contribution in [2.24, 2.45) is 10.7 Å². The molecule has 2 N–H and O–H groups in total. The first-order valence-corrected chi connectivity index (χ1v) is 5.42. The highest BCUT2D eigenvalue weighted by Crippen LogP contribution is 2.12. The molecule has 3 nitrogen and oxygen atoms in total. The quantitative estimate of drug-likeness (QED) is 0.839. The maximum absolute atomic E-state index is 12.9. The number of nitrogens with zero attached hydrogens (tertiary/aromatic N) is 1. The largest absolute Gasteiger partial charge is 0.478 e. The Hall–Kier alpha value is -1.42. The molecule has 1 aliphatic heterocycles. The number of hydrogen-bond acceptors (Lipinski definition) is 3. The van der Waals surface area contributed by atoms with Gasteiger partial charge in [0.15, 0.2) is 5.90 Å². The third-order valence-electron chi connectivity index (χ3n) is 2.51. The van der Waals surface area contributed by atoms with Crippen molar-refractivity contribution in [3.8, 4) is 0 Å². The highest BCUT2D eigenvalue weighted by atomic mass is 19.1. The summed E-state index contributed by atoms with van der Waals surface area (Å²) in [5.74, 6) is 0.457. The van der Waals surface area contributed by atoms with Gasteiger partial charge in [0.1, 0.15) is 12.4 Å². The van der Waals surface area contributed by atoms with E-state index in [9.17, 15) is 4.39 Å². The SMILES string of the molecule is NCCC1COC(Cc2cccc(F)c2)=N1. The lowest BCUT2D eigenvalue weighted by molar-refractivity contribution is 0.307. The van der Waals surface area contributed by atoms with Crippen molar-refractivity contribution >= 4 is 5.90 Å². The lowest BCUT2D eigenvalue weighted by Crippen LogP contribution is -2.12. The molecule has 0 aromatic heterocycles. The molecule has 0 fully saturated rings. The predicted octanol–water partition coefficient (Wildman–Crippen LogP) is 1.51. The molecule has 0 bridgehead atoms. The summed E-state index contributed by atoms with van der Waals surface area (Å²) in [6.45, 7) is 1.21. The van der Waals surface area contributed by atoms with Gasteiger partial charge in [0.2, 0.25) is 0 Å². The molecule has 0 aliphatic carbocycles. The van der Waals surface area contributed by atoms with Crippen LogP contribution in [0.1, 0.15) is 12.0 Å². The second-order valence-electron chi connectivity index (χ2n) is 3.87. The van der Waals surface area contributed by atoms with E-state index in [1.165, 1.54) is 12.1 Å². The molecule has 1 atom stereocenters. The van der Waals surface area contributed by atoms with Crippen molar-refractivity contribution < 1.29 is 9.13 Å². The second-order valence-corrected chi connectivity index (χ2v) is 3.87. The summed E-state index contributed by atoms with van der Waals surface area (Å²) >= 11 is 0. The summed E-state index contributed by atoms with van der Waals surface area (Å²) in [6, 6.07) is 6.66. The Kier molecular flexibility index (Phi) is 3.51. The summed E-state index contributed by atoms with van der Waals surface area (Å²) in [6.07, 6.45) is 1.39. The molecule has 1 aromatic carbocycles. The first-order chi connectivity index (χ1) is 7.78. The van der Waals surface area contributed by atoms with E-state index in [1.54, 1.807) is 6.07 Å². The molecule has 0 spiro atoms. The molecule has 1 heterocycles. The van der Waals surface area contributed by atoms with Gasteiger partial charge in [0.05, 0.1) is 6.04 Å². The molecule has 4 heteroatoms. The maximum Gasteiger partial charge on any atom is 0.188 e. The third-order valence-corrected chi connectivity index (χ3v) is 2.51. The summed E-state index contributed by atoms with van der Waals surface area (Å²) in [7, 11) is 0. The molecule has 1 unspecified atom stereocenters. The normalized spacial score (nSPS) is 19.4. The van der Waals surface area contributed by atoms with Crippen LogP contribution in [-0.2, 0) is 11.2 Å². The highest BCUT2D eigenvalue weighted by Gasteiger charge is 2.17. The number of halogens is 1. The third kappa shape index (κ3) is 2.79. The van der Waals surface area contributed by atoms with Gasteiger partial charge in [-0.15, -0.1) is 0 Å². The second kappa shape index (κ2) is 5.07. The Labute approximate surface area is 94.1 Å². The number of hydrogen-bond donors (Lipinski definition) is 1. The minimum absolute atomic E-state index is 0.175. The maximum atomic E-state index is 12.9. The molecule has 0 radical (unpaired) electrons. The zero-order valence-corrected chi connectivity index (χ0v) is 9.03. The standard InChI is InChI=1S/C12H15FN2O/c13-10-3-1-2-9(6-10)7-12-15-11(4-5-14)8-16-12/h1-3,6,11H,4-5,7-8,14H2. The minimum atomic E-state index is -0.227. The van der Waals surface area contributed by atoms with Crippen molar-refractivity contribution in [1.82, 2.24) is 0 Å². The molecule has 2 rings (SSSR count). The first-order valence-electron chi connectivity index (χ1n) is 5.42. The van der Waals surface area contributed by atoms with E-state index in [4.69, 9.17) is 10.5 Å². The van der Waals surface area contributed by atoms with Crippen LogP contribution in [0.2, 0.25) is 0 Å². The van der Waals surface area contributed by atoms with Crippen molar-refractivity contribution in [3.63, 3.8) is 0 Å². The zero-order valence-electron chi connectivity index (χ0n) is 9.03. The smallest absolute Gasteiger partial charge is 0.188 e. The molecular formula is C12H15FN2O. The Morgan fingerprint density at radius 2 is 2.38 bits per heavy atom. The fourth-order valence-corrected chi connectivity index (χ4v) is 1.73. The van der Waals surface area contributed by atoms with Gasteiger partial charge in [-0.05, 0) is 30.7 Å². The van der Waals surface area contributed by atoms with E-state index in [-0.39, 0.29) is 11.9 Å². The Morgan fingerprint density at radius 3 is 3.12 bits per heavy atom. The van der Waals surface area contributed by atoms with Crippen molar-refractivity contribution in [2.45, 2.75) is 18.9 Å². The van der Waals surface area contributed by atoms with Crippen molar-refractivity contribution in [3.05, 3.63) is 35.6 Å². The van der Waals surface area contributed by atoms with Crippen molar-refractivity contribution in [1.29, 1.82) is 0 Å². The number of ether oxygens (including phenoxy) is 1. The average molecular weight is 222 g/mol.